The van der Waals surface area contributed by atoms with Gasteiger partial charge in [-0.2, -0.15) is 0 Å². The van der Waals surface area contributed by atoms with Crippen LogP contribution in [0.2, 0.25) is 10.0 Å². The Kier molecular flexibility index (Phi) is 4.78. The van der Waals surface area contributed by atoms with E-state index in [0.29, 0.717) is 30.3 Å². The van der Waals surface area contributed by atoms with Gasteiger partial charge in [-0.25, -0.2) is 0 Å². The molecule has 4 rings (SSSR count). The van der Waals surface area contributed by atoms with Crippen LogP contribution in [0, 0.1) is 10.1 Å². The highest BCUT2D eigenvalue weighted by molar-refractivity contribution is 6.32. The fraction of sp³-hybridized carbons (Fsp3) is 0.158. The Bertz CT molecular complexity index is 1080. The molecule has 7 nitrogen and oxygen atoms in total. The molecule has 0 unspecified atom stereocenters. The van der Waals surface area contributed by atoms with Crippen molar-refractivity contribution in [2.24, 2.45) is 0 Å². The average Bonchev–Trinajstić information content (AvgIpc) is 3.11. The molecule has 0 spiro atoms. The molecule has 0 bridgehead atoms. The van der Waals surface area contributed by atoms with Gasteiger partial charge in [-0.3, -0.25) is 14.9 Å². The first kappa shape index (κ1) is 18.5. The Morgan fingerprint density at radius 2 is 1.93 bits per heavy atom. The number of nitro benzene ring substituents is 1. The summed E-state index contributed by atoms with van der Waals surface area (Å²) in [5.41, 5.74) is 2.36. The molecular formula is C19H13Cl2N3O4. The number of aromatic nitrogens is 1. The Morgan fingerprint density at radius 1 is 1.18 bits per heavy atom. The molecule has 9 heteroatoms. The van der Waals surface area contributed by atoms with Crippen LogP contribution in [-0.4, -0.2) is 27.4 Å². The third-order valence-corrected chi connectivity index (χ3v) is 5.19. The number of rotatable bonds is 3. The van der Waals surface area contributed by atoms with Crippen LogP contribution in [0.1, 0.15) is 21.6 Å². The maximum Gasteiger partial charge on any atom is 0.288 e. The fourth-order valence-electron chi connectivity index (χ4n) is 3.18. The molecule has 0 saturated heterocycles. The molecule has 0 fully saturated rings. The minimum absolute atomic E-state index is 0.00783. The molecule has 1 aromatic heterocycles. The molecule has 0 saturated carbocycles. The first-order valence-corrected chi connectivity index (χ1v) is 9.16. The van der Waals surface area contributed by atoms with Gasteiger partial charge in [0.15, 0.2) is 5.76 Å². The lowest BCUT2D eigenvalue weighted by Gasteiger charge is -2.26. The van der Waals surface area contributed by atoms with Gasteiger partial charge in [0.2, 0.25) is 0 Å². The van der Waals surface area contributed by atoms with Crippen LogP contribution in [0.4, 0.5) is 5.69 Å². The number of halogens is 2. The van der Waals surface area contributed by atoms with E-state index in [0.717, 1.165) is 16.8 Å². The second kappa shape index (κ2) is 7.26. The summed E-state index contributed by atoms with van der Waals surface area (Å²) >= 11 is 11.8. The molecular weight excluding hydrogens is 405 g/mol. The lowest BCUT2D eigenvalue weighted by Crippen LogP contribution is -2.36. The Balaban J connectivity index is 1.63. The van der Waals surface area contributed by atoms with Crippen LogP contribution in [0.3, 0.4) is 0 Å². The highest BCUT2D eigenvalue weighted by Gasteiger charge is 2.29. The zero-order valence-electron chi connectivity index (χ0n) is 14.4. The van der Waals surface area contributed by atoms with Gasteiger partial charge in [0.1, 0.15) is 5.02 Å². The lowest BCUT2D eigenvalue weighted by molar-refractivity contribution is -0.384. The summed E-state index contributed by atoms with van der Waals surface area (Å²) in [6.07, 6.45) is 0.536. The molecule has 2 aromatic carbocycles. The SMILES string of the molecule is O=C(c1ccc(Cl)c([N+](=O)[O-])c1)N1CCc2noc(-c3ccc(Cl)cc3)c2C1. The predicted octanol–water partition coefficient (Wildman–Crippen LogP) is 4.76. The van der Waals surface area contributed by atoms with Crippen LogP contribution in [0.25, 0.3) is 11.3 Å². The summed E-state index contributed by atoms with van der Waals surface area (Å²) < 4.78 is 5.51. The van der Waals surface area contributed by atoms with Crippen LogP contribution < -0.4 is 0 Å². The van der Waals surface area contributed by atoms with Crippen molar-refractivity contribution in [3.8, 4) is 11.3 Å². The minimum atomic E-state index is -0.605. The maximum atomic E-state index is 12.9. The fourth-order valence-corrected chi connectivity index (χ4v) is 3.49. The standard InChI is InChI=1S/C19H13Cl2N3O4/c20-13-4-1-11(2-5-13)18-14-10-23(8-7-16(14)22-28-18)19(25)12-3-6-15(21)17(9-12)24(26)27/h1-6,9H,7-8,10H2. The Morgan fingerprint density at radius 3 is 2.64 bits per heavy atom. The zero-order chi connectivity index (χ0) is 19.8. The highest BCUT2D eigenvalue weighted by Crippen LogP contribution is 2.32. The minimum Gasteiger partial charge on any atom is -0.356 e. The van der Waals surface area contributed by atoms with Crippen molar-refractivity contribution in [2.75, 3.05) is 6.54 Å². The summed E-state index contributed by atoms with van der Waals surface area (Å²) in [4.78, 5) is 25.0. The van der Waals surface area contributed by atoms with E-state index in [1.165, 1.54) is 18.2 Å². The first-order valence-electron chi connectivity index (χ1n) is 8.40. The summed E-state index contributed by atoms with van der Waals surface area (Å²) in [6, 6.07) is 11.2. The number of hydrogen-bond donors (Lipinski definition) is 0. The number of fused-ring (bicyclic) bond motifs is 1. The Labute approximate surface area is 169 Å². The number of carbonyl (C=O) groups is 1. The zero-order valence-corrected chi connectivity index (χ0v) is 15.9. The summed E-state index contributed by atoms with van der Waals surface area (Å²) in [7, 11) is 0. The quantitative estimate of drug-likeness (QED) is 0.452. The summed E-state index contributed by atoms with van der Waals surface area (Å²) in [5, 5.41) is 15.8. The predicted molar refractivity (Wildman–Crippen MR) is 103 cm³/mol. The maximum absolute atomic E-state index is 12.9. The largest absolute Gasteiger partial charge is 0.356 e. The normalized spacial score (nSPS) is 13.3. The van der Waals surface area contributed by atoms with Crippen molar-refractivity contribution in [1.29, 1.82) is 0 Å². The van der Waals surface area contributed by atoms with Crippen LogP contribution >= 0.6 is 23.2 Å². The van der Waals surface area contributed by atoms with E-state index in [-0.39, 0.29) is 22.2 Å². The average molecular weight is 418 g/mol. The number of amides is 1. The van der Waals surface area contributed by atoms with Gasteiger partial charge in [0, 0.05) is 40.7 Å². The van der Waals surface area contributed by atoms with E-state index in [9.17, 15) is 14.9 Å². The molecule has 1 amide bonds. The molecule has 0 atom stereocenters. The molecule has 142 valence electrons. The van der Waals surface area contributed by atoms with Crippen LogP contribution in [-0.2, 0) is 13.0 Å². The number of nitro groups is 1. The molecule has 0 N–H and O–H groups in total. The topological polar surface area (TPSA) is 89.5 Å². The molecule has 1 aliphatic heterocycles. The van der Waals surface area contributed by atoms with Crippen molar-refractivity contribution in [2.45, 2.75) is 13.0 Å². The van der Waals surface area contributed by atoms with Gasteiger partial charge in [-0.15, -0.1) is 0 Å². The van der Waals surface area contributed by atoms with E-state index >= 15 is 0 Å². The van der Waals surface area contributed by atoms with Crippen molar-refractivity contribution in [3.05, 3.63) is 79.4 Å². The molecule has 28 heavy (non-hydrogen) atoms. The van der Waals surface area contributed by atoms with Gasteiger partial charge in [0.05, 0.1) is 17.2 Å². The van der Waals surface area contributed by atoms with E-state index in [4.69, 9.17) is 27.7 Å². The van der Waals surface area contributed by atoms with Crippen molar-refractivity contribution >= 4 is 34.8 Å². The van der Waals surface area contributed by atoms with E-state index in [1.54, 1.807) is 17.0 Å². The third-order valence-electron chi connectivity index (χ3n) is 4.62. The smallest absolute Gasteiger partial charge is 0.288 e. The van der Waals surface area contributed by atoms with Crippen LogP contribution in [0.15, 0.2) is 47.0 Å². The third kappa shape index (κ3) is 3.34. The second-order valence-electron chi connectivity index (χ2n) is 6.34. The van der Waals surface area contributed by atoms with Crippen molar-refractivity contribution < 1.29 is 14.2 Å². The van der Waals surface area contributed by atoms with Gasteiger partial charge >= 0.3 is 0 Å². The lowest BCUT2D eigenvalue weighted by atomic mass is 10.0. The Hall–Kier alpha value is -2.90. The van der Waals surface area contributed by atoms with Crippen molar-refractivity contribution in [3.63, 3.8) is 0 Å². The summed E-state index contributed by atoms with van der Waals surface area (Å²) in [6.45, 7) is 0.737. The van der Waals surface area contributed by atoms with Gasteiger partial charge < -0.3 is 9.42 Å². The molecule has 0 aliphatic carbocycles. The molecule has 3 aromatic rings. The van der Waals surface area contributed by atoms with E-state index < -0.39 is 4.92 Å². The van der Waals surface area contributed by atoms with E-state index in [2.05, 4.69) is 5.16 Å². The van der Waals surface area contributed by atoms with Gasteiger partial charge in [-0.1, -0.05) is 28.4 Å². The van der Waals surface area contributed by atoms with E-state index in [1.807, 2.05) is 12.1 Å². The van der Waals surface area contributed by atoms with Crippen molar-refractivity contribution in [1.82, 2.24) is 10.1 Å². The molecule has 2 heterocycles. The number of nitrogens with zero attached hydrogens (tertiary/aromatic N) is 3. The molecule has 0 radical (unpaired) electrons. The monoisotopic (exact) mass is 417 g/mol. The highest BCUT2D eigenvalue weighted by atomic mass is 35.5. The van der Waals surface area contributed by atoms with Gasteiger partial charge in [0.25, 0.3) is 11.6 Å². The van der Waals surface area contributed by atoms with Gasteiger partial charge in [-0.05, 0) is 36.4 Å². The number of hydrogen-bond acceptors (Lipinski definition) is 5. The number of carbonyl (C=O) groups excluding carboxylic acids is 1. The summed E-state index contributed by atoms with van der Waals surface area (Å²) in [5.74, 6) is 0.278. The number of benzene rings is 2. The van der Waals surface area contributed by atoms with Crippen LogP contribution in [0.5, 0.6) is 0 Å². The second-order valence-corrected chi connectivity index (χ2v) is 7.19. The molecule has 1 aliphatic rings. The first-order chi connectivity index (χ1) is 13.4.